The van der Waals surface area contributed by atoms with Crippen LogP contribution in [0.2, 0.25) is 0 Å². The fourth-order valence-corrected chi connectivity index (χ4v) is 1.70. The summed E-state index contributed by atoms with van der Waals surface area (Å²) in [4.78, 5) is 11.3. The van der Waals surface area contributed by atoms with E-state index in [4.69, 9.17) is 4.74 Å². The maximum Gasteiger partial charge on any atom is 0.159 e. The van der Waals surface area contributed by atoms with Crippen LogP contribution < -0.4 is 4.74 Å². The van der Waals surface area contributed by atoms with Gasteiger partial charge in [0.2, 0.25) is 0 Å². The minimum atomic E-state index is 0.0837. The normalized spacial score (nSPS) is 10.0. The molecule has 2 nitrogen and oxygen atoms in total. The average molecular weight is 226 g/mol. The molecule has 2 rings (SSSR count). The van der Waals surface area contributed by atoms with Crippen molar-refractivity contribution in [1.29, 1.82) is 0 Å². The highest BCUT2D eigenvalue weighted by Crippen LogP contribution is 2.23. The van der Waals surface area contributed by atoms with Crippen molar-refractivity contribution in [2.24, 2.45) is 0 Å². The maximum atomic E-state index is 11.3. The van der Waals surface area contributed by atoms with Crippen LogP contribution in [-0.4, -0.2) is 12.9 Å². The molecule has 0 saturated heterocycles. The van der Waals surface area contributed by atoms with Gasteiger partial charge in [0.15, 0.2) is 5.78 Å². The lowest BCUT2D eigenvalue weighted by Gasteiger charge is -2.05. The van der Waals surface area contributed by atoms with Gasteiger partial charge in [-0.05, 0) is 36.2 Å². The molecule has 0 aromatic heterocycles. The van der Waals surface area contributed by atoms with Gasteiger partial charge in [0.1, 0.15) is 5.75 Å². The van der Waals surface area contributed by atoms with E-state index in [1.165, 1.54) is 0 Å². The number of Topliss-reactive ketones (excluding diaryl/α,β-unsaturated/α-hetero) is 1. The summed E-state index contributed by atoms with van der Waals surface area (Å²) in [6.07, 6.45) is 0. The Kier molecular flexibility index (Phi) is 3.24. The average Bonchev–Trinajstić information content (AvgIpc) is 2.39. The maximum absolute atomic E-state index is 11.3. The Bertz CT molecular complexity index is 527. The highest BCUT2D eigenvalue weighted by Gasteiger charge is 2.02. The number of carbonyl (C=O) groups excluding carboxylic acids is 1. The van der Waals surface area contributed by atoms with Crippen LogP contribution in [0.25, 0.3) is 11.1 Å². The molecule has 0 unspecified atom stereocenters. The van der Waals surface area contributed by atoms with E-state index in [1.807, 2.05) is 48.5 Å². The largest absolute Gasteiger partial charge is 0.497 e. The van der Waals surface area contributed by atoms with Crippen molar-refractivity contribution >= 4 is 5.78 Å². The zero-order chi connectivity index (χ0) is 12.3. The second kappa shape index (κ2) is 4.83. The summed E-state index contributed by atoms with van der Waals surface area (Å²) in [5, 5.41) is 0. The van der Waals surface area contributed by atoms with E-state index in [9.17, 15) is 4.79 Å². The van der Waals surface area contributed by atoms with E-state index >= 15 is 0 Å². The molecule has 0 spiro atoms. The van der Waals surface area contributed by atoms with Gasteiger partial charge in [0.25, 0.3) is 0 Å². The van der Waals surface area contributed by atoms with Gasteiger partial charge in [-0.2, -0.15) is 0 Å². The lowest BCUT2D eigenvalue weighted by atomic mass is 10.0. The SMILES string of the molecule is COc1ccc(-c2cccc(C(C)=O)c2)cc1. The summed E-state index contributed by atoms with van der Waals surface area (Å²) >= 11 is 0. The number of hydrogen-bond acceptors (Lipinski definition) is 2. The molecule has 0 amide bonds. The van der Waals surface area contributed by atoms with Crippen molar-refractivity contribution in [2.45, 2.75) is 6.92 Å². The zero-order valence-electron chi connectivity index (χ0n) is 9.94. The molecule has 0 aliphatic heterocycles. The minimum absolute atomic E-state index is 0.0837. The Morgan fingerprint density at radius 2 is 1.71 bits per heavy atom. The van der Waals surface area contributed by atoms with Crippen LogP contribution in [0.3, 0.4) is 0 Å². The molecule has 0 aliphatic carbocycles. The monoisotopic (exact) mass is 226 g/mol. The predicted molar refractivity (Wildman–Crippen MR) is 68.4 cm³/mol. The molecule has 0 radical (unpaired) electrons. The van der Waals surface area contributed by atoms with Gasteiger partial charge in [-0.15, -0.1) is 0 Å². The predicted octanol–water partition coefficient (Wildman–Crippen LogP) is 3.56. The quantitative estimate of drug-likeness (QED) is 0.748. The fourth-order valence-electron chi connectivity index (χ4n) is 1.70. The fraction of sp³-hybridized carbons (Fsp3) is 0.133. The van der Waals surface area contributed by atoms with Crippen LogP contribution in [0.4, 0.5) is 0 Å². The first-order valence-corrected chi connectivity index (χ1v) is 5.46. The van der Waals surface area contributed by atoms with Gasteiger partial charge in [-0.3, -0.25) is 4.79 Å². The first-order chi connectivity index (χ1) is 8.20. The van der Waals surface area contributed by atoms with Crippen molar-refractivity contribution in [3.05, 3.63) is 54.1 Å². The molecule has 2 aromatic rings. The van der Waals surface area contributed by atoms with Crippen LogP contribution in [0.5, 0.6) is 5.75 Å². The van der Waals surface area contributed by atoms with Gasteiger partial charge >= 0.3 is 0 Å². The second-order valence-electron chi connectivity index (χ2n) is 3.87. The Hall–Kier alpha value is -2.09. The van der Waals surface area contributed by atoms with Gasteiger partial charge < -0.3 is 4.74 Å². The Balaban J connectivity index is 2.38. The summed E-state index contributed by atoms with van der Waals surface area (Å²) in [6.45, 7) is 1.58. The molecule has 0 heterocycles. The topological polar surface area (TPSA) is 26.3 Å². The first-order valence-electron chi connectivity index (χ1n) is 5.46. The highest BCUT2D eigenvalue weighted by molar-refractivity contribution is 5.95. The van der Waals surface area contributed by atoms with E-state index in [0.29, 0.717) is 0 Å². The van der Waals surface area contributed by atoms with Crippen molar-refractivity contribution in [1.82, 2.24) is 0 Å². The summed E-state index contributed by atoms with van der Waals surface area (Å²) in [5.41, 5.74) is 2.85. The van der Waals surface area contributed by atoms with Crippen LogP contribution in [0.15, 0.2) is 48.5 Å². The number of methoxy groups -OCH3 is 1. The first kappa shape index (κ1) is 11.4. The summed E-state index contributed by atoms with van der Waals surface area (Å²) in [5.74, 6) is 0.914. The third kappa shape index (κ3) is 2.53. The third-order valence-electron chi connectivity index (χ3n) is 2.69. The molecular weight excluding hydrogens is 212 g/mol. The van der Waals surface area contributed by atoms with E-state index in [1.54, 1.807) is 14.0 Å². The number of benzene rings is 2. The zero-order valence-corrected chi connectivity index (χ0v) is 9.94. The van der Waals surface area contributed by atoms with E-state index in [-0.39, 0.29) is 5.78 Å². The standard InChI is InChI=1S/C15H14O2/c1-11(16)13-4-3-5-14(10-13)12-6-8-15(17-2)9-7-12/h3-10H,1-2H3. The van der Waals surface area contributed by atoms with Crippen molar-refractivity contribution in [3.63, 3.8) is 0 Å². The van der Waals surface area contributed by atoms with Crippen LogP contribution in [-0.2, 0) is 0 Å². The molecular formula is C15H14O2. The third-order valence-corrected chi connectivity index (χ3v) is 2.69. The van der Waals surface area contributed by atoms with Crippen molar-refractivity contribution in [3.8, 4) is 16.9 Å². The Labute approximate surface area is 101 Å². The molecule has 0 fully saturated rings. The Morgan fingerprint density at radius 1 is 1.00 bits per heavy atom. The number of ketones is 1. The van der Waals surface area contributed by atoms with E-state index < -0.39 is 0 Å². The van der Waals surface area contributed by atoms with Gasteiger partial charge in [-0.25, -0.2) is 0 Å². The van der Waals surface area contributed by atoms with Crippen LogP contribution >= 0.6 is 0 Å². The molecule has 2 aromatic carbocycles. The molecule has 0 saturated carbocycles. The minimum Gasteiger partial charge on any atom is -0.497 e. The molecule has 17 heavy (non-hydrogen) atoms. The Morgan fingerprint density at radius 3 is 2.29 bits per heavy atom. The molecule has 2 heteroatoms. The number of rotatable bonds is 3. The van der Waals surface area contributed by atoms with E-state index in [2.05, 4.69) is 0 Å². The van der Waals surface area contributed by atoms with Gasteiger partial charge in [-0.1, -0.05) is 30.3 Å². The summed E-state index contributed by atoms with van der Waals surface area (Å²) < 4.78 is 5.11. The van der Waals surface area contributed by atoms with Gasteiger partial charge in [0.05, 0.1) is 7.11 Å². The molecule has 0 N–H and O–H groups in total. The molecule has 86 valence electrons. The second-order valence-corrected chi connectivity index (χ2v) is 3.87. The summed E-state index contributed by atoms with van der Waals surface area (Å²) in [7, 11) is 1.64. The van der Waals surface area contributed by atoms with Crippen LogP contribution in [0.1, 0.15) is 17.3 Å². The smallest absolute Gasteiger partial charge is 0.159 e. The van der Waals surface area contributed by atoms with E-state index in [0.717, 1.165) is 22.4 Å². The van der Waals surface area contributed by atoms with Crippen molar-refractivity contribution in [2.75, 3.05) is 7.11 Å². The summed E-state index contributed by atoms with van der Waals surface area (Å²) in [6, 6.07) is 15.4. The lowest BCUT2D eigenvalue weighted by Crippen LogP contribution is -1.91. The molecule has 0 atom stereocenters. The lowest BCUT2D eigenvalue weighted by molar-refractivity contribution is 0.101. The highest BCUT2D eigenvalue weighted by atomic mass is 16.5. The van der Waals surface area contributed by atoms with Crippen LogP contribution in [0, 0.1) is 0 Å². The van der Waals surface area contributed by atoms with Gasteiger partial charge in [0, 0.05) is 5.56 Å². The number of hydrogen-bond donors (Lipinski definition) is 0. The molecule has 0 aliphatic rings. The van der Waals surface area contributed by atoms with Crippen molar-refractivity contribution < 1.29 is 9.53 Å². The molecule has 0 bridgehead atoms. The number of carbonyl (C=O) groups is 1. The number of ether oxygens (including phenoxy) is 1.